The molecule has 3 aliphatic heterocycles. The van der Waals surface area contributed by atoms with Gasteiger partial charge in [0.05, 0.1) is 19.3 Å². The molecule has 2 atom stereocenters. The standard InChI is InChI=1S/C26H25N3O5/c1-2-23(30)29-20(26(31)28-9-11-32-12-10-28)14-18-17-5-3-4-6-19(17)27-24(18)25(29)16-7-8-21-22(13-16)34-15-33-21/h2-8,13,20,25,27H,1,9-12,14-15H2/t20?,25-/m1/s1. The van der Waals surface area contributed by atoms with E-state index in [0.717, 1.165) is 27.7 Å². The van der Waals surface area contributed by atoms with E-state index in [1.807, 2.05) is 36.4 Å². The van der Waals surface area contributed by atoms with Gasteiger partial charge in [-0.15, -0.1) is 0 Å². The molecule has 3 aliphatic rings. The van der Waals surface area contributed by atoms with E-state index in [1.54, 1.807) is 9.80 Å². The molecule has 8 nitrogen and oxygen atoms in total. The molecule has 6 rings (SSSR count). The molecule has 0 saturated carbocycles. The highest BCUT2D eigenvalue weighted by Crippen LogP contribution is 2.44. The van der Waals surface area contributed by atoms with E-state index < -0.39 is 12.1 Å². The van der Waals surface area contributed by atoms with Crippen molar-refractivity contribution in [2.75, 3.05) is 33.1 Å². The summed E-state index contributed by atoms with van der Waals surface area (Å²) in [6.07, 6.45) is 1.71. The Hall–Kier alpha value is -3.78. The molecule has 34 heavy (non-hydrogen) atoms. The molecular formula is C26H25N3O5. The number of hydrogen-bond donors (Lipinski definition) is 1. The maximum Gasteiger partial charge on any atom is 0.247 e. The molecule has 2 amide bonds. The SMILES string of the molecule is C=CC(=O)N1C(C(=O)N2CCOCC2)Cc2c([nH]c3ccccc23)[C@H]1c1ccc2c(c1)OCO2. The Morgan fingerprint density at radius 1 is 1.06 bits per heavy atom. The first-order valence-corrected chi connectivity index (χ1v) is 11.5. The highest BCUT2D eigenvalue weighted by Gasteiger charge is 2.44. The average Bonchev–Trinajstić information content (AvgIpc) is 3.51. The van der Waals surface area contributed by atoms with Gasteiger partial charge in [-0.05, 0) is 35.4 Å². The Bertz CT molecular complexity index is 1290. The topological polar surface area (TPSA) is 84.1 Å². The summed E-state index contributed by atoms with van der Waals surface area (Å²) < 4.78 is 16.6. The van der Waals surface area contributed by atoms with Crippen LogP contribution in [0.5, 0.6) is 11.5 Å². The second-order valence-electron chi connectivity index (χ2n) is 8.69. The molecule has 1 N–H and O–H groups in total. The van der Waals surface area contributed by atoms with Crippen molar-refractivity contribution in [3.05, 3.63) is 71.9 Å². The molecule has 0 radical (unpaired) electrons. The van der Waals surface area contributed by atoms with Gasteiger partial charge in [-0.1, -0.05) is 30.8 Å². The van der Waals surface area contributed by atoms with Crippen molar-refractivity contribution in [3.8, 4) is 11.5 Å². The molecule has 1 saturated heterocycles. The van der Waals surface area contributed by atoms with Gasteiger partial charge in [0, 0.05) is 36.1 Å². The van der Waals surface area contributed by atoms with Gasteiger partial charge < -0.3 is 29.0 Å². The molecule has 2 aromatic carbocycles. The molecule has 4 heterocycles. The zero-order chi connectivity index (χ0) is 23.2. The molecule has 1 aromatic heterocycles. The van der Waals surface area contributed by atoms with Crippen LogP contribution in [0.15, 0.2) is 55.1 Å². The van der Waals surface area contributed by atoms with Crippen LogP contribution in [0.25, 0.3) is 10.9 Å². The fourth-order valence-corrected chi connectivity index (χ4v) is 5.28. The second-order valence-corrected chi connectivity index (χ2v) is 8.69. The van der Waals surface area contributed by atoms with Crippen LogP contribution in [0, 0.1) is 0 Å². The summed E-state index contributed by atoms with van der Waals surface area (Å²) in [5.41, 5.74) is 3.77. The van der Waals surface area contributed by atoms with Crippen molar-refractivity contribution in [2.45, 2.75) is 18.5 Å². The number of carbonyl (C=O) groups is 2. The highest BCUT2D eigenvalue weighted by molar-refractivity contribution is 5.96. The summed E-state index contributed by atoms with van der Waals surface area (Å²) in [6.45, 7) is 5.92. The number of aromatic nitrogens is 1. The molecular weight excluding hydrogens is 434 g/mol. The van der Waals surface area contributed by atoms with Crippen LogP contribution >= 0.6 is 0 Å². The minimum atomic E-state index is -0.661. The van der Waals surface area contributed by atoms with Crippen LogP contribution < -0.4 is 9.47 Å². The molecule has 8 heteroatoms. The number of hydrogen-bond acceptors (Lipinski definition) is 5. The third kappa shape index (κ3) is 3.25. The van der Waals surface area contributed by atoms with Gasteiger partial charge in [0.1, 0.15) is 6.04 Å². The van der Waals surface area contributed by atoms with E-state index in [-0.39, 0.29) is 18.6 Å². The normalized spacial score (nSPS) is 21.4. The van der Waals surface area contributed by atoms with Crippen molar-refractivity contribution in [1.29, 1.82) is 0 Å². The fourth-order valence-electron chi connectivity index (χ4n) is 5.28. The summed E-state index contributed by atoms with van der Waals surface area (Å²) in [7, 11) is 0. The third-order valence-corrected chi connectivity index (χ3v) is 6.88. The Balaban J connectivity index is 1.53. The van der Waals surface area contributed by atoms with Gasteiger partial charge in [0.2, 0.25) is 18.6 Å². The zero-order valence-corrected chi connectivity index (χ0v) is 18.7. The van der Waals surface area contributed by atoms with E-state index in [1.165, 1.54) is 6.08 Å². The lowest BCUT2D eigenvalue weighted by atomic mass is 9.87. The van der Waals surface area contributed by atoms with Gasteiger partial charge in [-0.25, -0.2) is 0 Å². The summed E-state index contributed by atoms with van der Waals surface area (Å²) in [6, 6.07) is 12.5. The number of para-hydroxylation sites is 1. The number of H-pyrrole nitrogens is 1. The van der Waals surface area contributed by atoms with Crippen LogP contribution in [0.4, 0.5) is 0 Å². The lowest BCUT2D eigenvalue weighted by molar-refractivity contribution is -0.148. The third-order valence-electron chi connectivity index (χ3n) is 6.88. The quantitative estimate of drug-likeness (QED) is 0.609. The zero-order valence-electron chi connectivity index (χ0n) is 18.7. The van der Waals surface area contributed by atoms with E-state index in [2.05, 4.69) is 17.6 Å². The predicted molar refractivity (Wildman–Crippen MR) is 125 cm³/mol. The molecule has 1 fully saturated rings. The molecule has 3 aromatic rings. The number of morpholine rings is 1. The van der Waals surface area contributed by atoms with Gasteiger partial charge in [0.15, 0.2) is 11.5 Å². The largest absolute Gasteiger partial charge is 0.454 e. The minimum Gasteiger partial charge on any atom is -0.454 e. The van der Waals surface area contributed by atoms with Crippen molar-refractivity contribution >= 4 is 22.7 Å². The smallest absolute Gasteiger partial charge is 0.247 e. The van der Waals surface area contributed by atoms with Gasteiger partial charge in [-0.3, -0.25) is 9.59 Å². The molecule has 0 aliphatic carbocycles. The summed E-state index contributed by atoms with van der Waals surface area (Å²) >= 11 is 0. The van der Waals surface area contributed by atoms with Crippen molar-refractivity contribution in [2.24, 2.45) is 0 Å². The number of nitrogens with zero attached hydrogens (tertiary/aromatic N) is 2. The fraction of sp³-hybridized carbons (Fsp3) is 0.308. The van der Waals surface area contributed by atoms with E-state index >= 15 is 0 Å². The van der Waals surface area contributed by atoms with Crippen molar-refractivity contribution < 1.29 is 23.8 Å². The highest BCUT2D eigenvalue weighted by atomic mass is 16.7. The maximum atomic E-state index is 13.8. The Morgan fingerprint density at radius 2 is 1.85 bits per heavy atom. The predicted octanol–water partition coefficient (Wildman–Crippen LogP) is 2.78. The van der Waals surface area contributed by atoms with Gasteiger partial charge in [-0.2, -0.15) is 0 Å². The van der Waals surface area contributed by atoms with E-state index in [4.69, 9.17) is 14.2 Å². The lowest BCUT2D eigenvalue weighted by Gasteiger charge is -2.43. The van der Waals surface area contributed by atoms with E-state index in [9.17, 15) is 9.59 Å². The number of carbonyl (C=O) groups excluding carboxylic acids is 2. The Morgan fingerprint density at radius 3 is 2.68 bits per heavy atom. The number of amides is 2. The van der Waals surface area contributed by atoms with Gasteiger partial charge in [0.25, 0.3) is 0 Å². The second kappa shape index (κ2) is 8.22. The maximum absolute atomic E-state index is 13.8. The Kier molecular flexibility index (Phi) is 5.03. The first-order valence-electron chi connectivity index (χ1n) is 11.5. The minimum absolute atomic E-state index is 0.0693. The van der Waals surface area contributed by atoms with Crippen LogP contribution in [-0.2, 0) is 20.7 Å². The molecule has 1 unspecified atom stereocenters. The summed E-state index contributed by atoms with van der Waals surface area (Å²) in [5, 5.41) is 1.06. The van der Waals surface area contributed by atoms with Crippen LogP contribution in [0.1, 0.15) is 22.9 Å². The summed E-state index contributed by atoms with van der Waals surface area (Å²) in [5.74, 6) is 0.931. The van der Waals surface area contributed by atoms with Crippen molar-refractivity contribution in [3.63, 3.8) is 0 Å². The van der Waals surface area contributed by atoms with Crippen LogP contribution in [0.3, 0.4) is 0 Å². The number of aromatic amines is 1. The van der Waals surface area contributed by atoms with Gasteiger partial charge >= 0.3 is 0 Å². The molecule has 0 bridgehead atoms. The summed E-state index contributed by atoms with van der Waals surface area (Å²) in [4.78, 5) is 34.2. The lowest BCUT2D eigenvalue weighted by Crippen LogP contribution is -2.56. The molecule has 0 spiro atoms. The average molecular weight is 460 g/mol. The monoisotopic (exact) mass is 459 g/mol. The first-order chi connectivity index (χ1) is 16.7. The number of ether oxygens (including phenoxy) is 3. The first kappa shape index (κ1) is 20.8. The number of rotatable bonds is 3. The van der Waals surface area contributed by atoms with E-state index in [0.29, 0.717) is 44.2 Å². The van der Waals surface area contributed by atoms with Crippen LogP contribution in [0.2, 0.25) is 0 Å². The number of benzene rings is 2. The van der Waals surface area contributed by atoms with Crippen molar-refractivity contribution in [1.82, 2.24) is 14.8 Å². The Labute approximate surface area is 196 Å². The number of fused-ring (bicyclic) bond motifs is 4. The number of nitrogens with one attached hydrogen (secondary N) is 1. The molecule has 174 valence electrons. The van der Waals surface area contributed by atoms with Crippen LogP contribution in [-0.4, -0.2) is 65.7 Å².